The van der Waals surface area contributed by atoms with Gasteiger partial charge < -0.3 is 5.32 Å². The van der Waals surface area contributed by atoms with E-state index in [0.29, 0.717) is 15.8 Å². The Hall–Kier alpha value is -0.250. The minimum atomic E-state index is -0.258. The maximum absolute atomic E-state index is 12.3. The second kappa shape index (κ2) is 6.02. The van der Waals surface area contributed by atoms with Crippen molar-refractivity contribution in [2.24, 2.45) is 5.92 Å². The van der Waals surface area contributed by atoms with Gasteiger partial charge in [-0.25, -0.2) is 0 Å². The number of thiophene rings is 1. The van der Waals surface area contributed by atoms with E-state index < -0.39 is 0 Å². The number of halogens is 2. The summed E-state index contributed by atoms with van der Waals surface area (Å²) in [5.41, 5.74) is 0.695. The Kier molecular flexibility index (Phi) is 4.80. The number of hydrogen-bond acceptors (Lipinski definition) is 2. The van der Waals surface area contributed by atoms with Crippen molar-refractivity contribution in [2.75, 3.05) is 5.88 Å². The van der Waals surface area contributed by atoms with E-state index in [4.69, 9.17) is 23.2 Å². The molecule has 1 heterocycles. The number of rotatable bonds is 3. The topological polar surface area (TPSA) is 29.1 Å². The molecule has 0 spiro atoms. The summed E-state index contributed by atoms with van der Waals surface area (Å²) in [6.07, 6.45) is 4.13. The Morgan fingerprint density at radius 1 is 1.53 bits per heavy atom. The summed E-state index contributed by atoms with van der Waals surface area (Å²) < 4.78 is 0. The highest BCUT2D eigenvalue weighted by Crippen LogP contribution is 2.34. The fourth-order valence-electron chi connectivity index (χ4n) is 2.49. The molecular formula is C14H19Cl2NOS. The van der Waals surface area contributed by atoms with Crippen LogP contribution in [0.5, 0.6) is 0 Å². The van der Waals surface area contributed by atoms with Crippen LogP contribution < -0.4 is 5.32 Å². The number of alkyl halides is 1. The molecule has 2 rings (SSSR count). The molecule has 1 saturated carbocycles. The first kappa shape index (κ1) is 15.1. The highest BCUT2D eigenvalue weighted by Gasteiger charge is 2.35. The van der Waals surface area contributed by atoms with Gasteiger partial charge in [0.25, 0.3) is 5.91 Å². The molecule has 0 aromatic carbocycles. The molecule has 5 heteroatoms. The molecule has 0 unspecified atom stereocenters. The lowest BCUT2D eigenvalue weighted by molar-refractivity contribution is 0.0876. The van der Waals surface area contributed by atoms with Gasteiger partial charge >= 0.3 is 0 Å². The first-order valence-electron chi connectivity index (χ1n) is 6.59. The van der Waals surface area contributed by atoms with Gasteiger partial charge in [-0.2, -0.15) is 0 Å². The van der Waals surface area contributed by atoms with Gasteiger partial charge in [-0.3, -0.25) is 4.79 Å². The lowest BCUT2D eigenvalue weighted by Crippen LogP contribution is -2.52. The predicted molar refractivity (Wildman–Crippen MR) is 82.6 cm³/mol. The van der Waals surface area contributed by atoms with Crippen LogP contribution in [0.1, 0.15) is 47.8 Å². The molecule has 1 N–H and O–H groups in total. The van der Waals surface area contributed by atoms with E-state index in [1.165, 1.54) is 11.3 Å². The van der Waals surface area contributed by atoms with Crippen molar-refractivity contribution >= 4 is 40.4 Å². The number of aryl methyl sites for hydroxylation is 1. The van der Waals surface area contributed by atoms with E-state index in [1.54, 1.807) is 0 Å². The molecule has 0 aliphatic heterocycles. The summed E-state index contributed by atoms with van der Waals surface area (Å²) in [5.74, 6) is 1.10. The summed E-state index contributed by atoms with van der Waals surface area (Å²) in [7, 11) is 0. The summed E-state index contributed by atoms with van der Waals surface area (Å²) in [6, 6.07) is 0. The number of carbonyl (C=O) groups excluding carboxylic acids is 1. The molecular weight excluding hydrogens is 301 g/mol. The molecule has 1 fully saturated rings. The molecule has 1 aromatic rings. The van der Waals surface area contributed by atoms with Gasteiger partial charge in [0.15, 0.2) is 0 Å². The van der Waals surface area contributed by atoms with E-state index >= 15 is 0 Å². The predicted octanol–water partition coefficient (Wildman–Crippen LogP) is 4.63. The van der Waals surface area contributed by atoms with E-state index in [9.17, 15) is 4.79 Å². The van der Waals surface area contributed by atoms with Crippen LogP contribution in [-0.4, -0.2) is 17.3 Å². The van der Waals surface area contributed by atoms with Crippen molar-refractivity contribution in [2.45, 2.75) is 45.1 Å². The van der Waals surface area contributed by atoms with Gasteiger partial charge in [0.1, 0.15) is 4.88 Å². The molecule has 1 aliphatic carbocycles. The number of carbonyl (C=O) groups is 1. The molecule has 19 heavy (non-hydrogen) atoms. The molecule has 0 bridgehead atoms. The van der Waals surface area contributed by atoms with Crippen molar-refractivity contribution < 1.29 is 4.79 Å². The highest BCUT2D eigenvalue weighted by atomic mass is 35.5. The monoisotopic (exact) mass is 319 g/mol. The molecule has 2 nitrogen and oxygen atoms in total. The quantitative estimate of drug-likeness (QED) is 0.809. The zero-order valence-electron chi connectivity index (χ0n) is 11.3. The van der Waals surface area contributed by atoms with Crippen molar-refractivity contribution in [1.82, 2.24) is 5.32 Å². The molecule has 1 aliphatic rings. The Labute approximate surface area is 128 Å². The van der Waals surface area contributed by atoms with Crippen LogP contribution in [0.4, 0.5) is 0 Å². The zero-order chi connectivity index (χ0) is 14.0. The lowest BCUT2D eigenvalue weighted by atomic mass is 9.78. The fraction of sp³-hybridized carbons (Fsp3) is 0.643. The third-order valence-electron chi connectivity index (χ3n) is 3.97. The largest absolute Gasteiger partial charge is 0.345 e. The third kappa shape index (κ3) is 3.26. The van der Waals surface area contributed by atoms with Crippen LogP contribution in [0.15, 0.2) is 5.38 Å². The normalized spacial score (nSPS) is 27.3. The smallest absolute Gasteiger partial charge is 0.263 e. The van der Waals surface area contributed by atoms with E-state index in [0.717, 1.165) is 37.2 Å². The first-order chi connectivity index (χ1) is 8.97. The summed E-state index contributed by atoms with van der Waals surface area (Å²) in [6.45, 7) is 4.16. The van der Waals surface area contributed by atoms with Crippen LogP contribution in [0.3, 0.4) is 0 Å². The first-order valence-corrected chi connectivity index (χ1v) is 8.39. The van der Waals surface area contributed by atoms with E-state index in [-0.39, 0.29) is 11.4 Å². The average molecular weight is 320 g/mol. The maximum Gasteiger partial charge on any atom is 0.263 e. The molecule has 0 radical (unpaired) electrons. The lowest BCUT2D eigenvalue weighted by Gasteiger charge is -2.38. The zero-order valence-corrected chi connectivity index (χ0v) is 13.6. The molecule has 106 valence electrons. The summed E-state index contributed by atoms with van der Waals surface area (Å²) >= 11 is 13.7. The second-order valence-corrected chi connectivity index (χ2v) is 7.14. The average Bonchev–Trinajstić information content (AvgIpc) is 2.73. The van der Waals surface area contributed by atoms with Gasteiger partial charge in [0.2, 0.25) is 0 Å². The van der Waals surface area contributed by atoms with E-state index in [2.05, 4.69) is 12.2 Å². The Morgan fingerprint density at radius 2 is 2.16 bits per heavy atom. The maximum atomic E-state index is 12.3. The Morgan fingerprint density at radius 3 is 2.63 bits per heavy atom. The minimum absolute atomic E-state index is 0.0849. The van der Waals surface area contributed by atoms with Crippen molar-refractivity contribution in [1.29, 1.82) is 0 Å². The molecule has 0 atom stereocenters. The minimum Gasteiger partial charge on any atom is -0.345 e. The van der Waals surface area contributed by atoms with Gasteiger partial charge in [-0.15, -0.1) is 22.9 Å². The van der Waals surface area contributed by atoms with Crippen LogP contribution in [0.2, 0.25) is 5.02 Å². The molecule has 1 amide bonds. The number of hydrogen-bond donors (Lipinski definition) is 1. The van der Waals surface area contributed by atoms with Crippen LogP contribution >= 0.6 is 34.5 Å². The fourth-order valence-corrected chi connectivity index (χ4v) is 4.00. The SMILES string of the molecule is Cc1csc(C(=O)NC2(CCl)CCC(C)CC2)c1Cl. The number of nitrogens with one attached hydrogen (secondary N) is 1. The van der Waals surface area contributed by atoms with E-state index in [1.807, 2.05) is 12.3 Å². The molecule has 0 saturated heterocycles. The molecule has 1 aromatic heterocycles. The van der Waals surface area contributed by atoms with Gasteiger partial charge in [-0.1, -0.05) is 18.5 Å². The summed E-state index contributed by atoms with van der Waals surface area (Å²) in [5, 5.41) is 5.60. The van der Waals surface area contributed by atoms with Gasteiger partial charge in [0, 0.05) is 5.88 Å². The van der Waals surface area contributed by atoms with Gasteiger partial charge in [0.05, 0.1) is 10.6 Å². The number of amides is 1. The Bertz CT molecular complexity index is 464. The third-order valence-corrected chi connectivity index (χ3v) is 6.18. The standard InChI is InChI=1S/C14H19Cl2NOS/c1-9-3-5-14(8-15,6-4-9)17-13(18)12-11(16)10(2)7-19-12/h7,9H,3-6,8H2,1-2H3,(H,17,18). The van der Waals surface area contributed by atoms with Crippen molar-refractivity contribution in [3.8, 4) is 0 Å². The summed E-state index contributed by atoms with van der Waals surface area (Å²) in [4.78, 5) is 12.9. The van der Waals surface area contributed by atoms with Crippen molar-refractivity contribution in [3.05, 3.63) is 20.8 Å². The van der Waals surface area contributed by atoms with Crippen LogP contribution in [0.25, 0.3) is 0 Å². The van der Waals surface area contributed by atoms with Crippen LogP contribution in [0, 0.1) is 12.8 Å². The second-order valence-electron chi connectivity index (χ2n) is 5.61. The van der Waals surface area contributed by atoms with Crippen molar-refractivity contribution in [3.63, 3.8) is 0 Å². The Balaban J connectivity index is 2.10. The highest BCUT2D eigenvalue weighted by molar-refractivity contribution is 7.13. The van der Waals surface area contributed by atoms with Crippen LogP contribution in [-0.2, 0) is 0 Å². The van der Waals surface area contributed by atoms with Gasteiger partial charge in [-0.05, 0) is 49.5 Å².